The average molecular weight is 286 g/mol. The highest BCUT2D eigenvalue weighted by Gasteiger charge is 2.28. The Morgan fingerprint density at radius 3 is 2.67 bits per heavy atom. The summed E-state index contributed by atoms with van der Waals surface area (Å²) in [7, 11) is 0. The van der Waals surface area contributed by atoms with Crippen LogP contribution in [0.15, 0.2) is 12.3 Å². The highest BCUT2D eigenvalue weighted by molar-refractivity contribution is 5.59. The molecule has 2 atom stereocenters. The molecule has 0 spiro atoms. The van der Waals surface area contributed by atoms with Crippen molar-refractivity contribution in [3.8, 4) is 11.4 Å². The first-order valence-corrected chi connectivity index (χ1v) is 7.61. The molecule has 0 unspecified atom stereocenters. The molecule has 5 nitrogen and oxygen atoms in total. The molecular weight excluding hydrogens is 264 g/mol. The normalized spacial score (nSPS) is 22.5. The molecule has 1 aliphatic carbocycles. The van der Waals surface area contributed by atoms with Gasteiger partial charge in [0.25, 0.3) is 0 Å². The summed E-state index contributed by atoms with van der Waals surface area (Å²) in [5.41, 5.74) is 3.14. The molecule has 0 aromatic carbocycles. The lowest BCUT2D eigenvalue weighted by atomic mass is 9.92. The van der Waals surface area contributed by atoms with Gasteiger partial charge >= 0.3 is 0 Å². The van der Waals surface area contributed by atoms with Crippen LogP contribution < -0.4 is 0 Å². The molecule has 1 fully saturated rings. The van der Waals surface area contributed by atoms with E-state index in [2.05, 4.69) is 28.1 Å². The second kappa shape index (κ2) is 5.56. The van der Waals surface area contributed by atoms with E-state index in [1.807, 2.05) is 24.7 Å². The topological polar surface area (TPSA) is 63.8 Å². The summed E-state index contributed by atoms with van der Waals surface area (Å²) in [5.74, 6) is 1.56. The minimum absolute atomic E-state index is 0.0238. The third-order valence-corrected chi connectivity index (χ3v) is 4.23. The molecule has 2 heterocycles. The van der Waals surface area contributed by atoms with Crippen molar-refractivity contribution < 1.29 is 5.11 Å². The molecule has 21 heavy (non-hydrogen) atoms. The lowest BCUT2D eigenvalue weighted by molar-refractivity contribution is 0.0700. The molecule has 3 rings (SSSR count). The van der Waals surface area contributed by atoms with Crippen LogP contribution >= 0.6 is 0 Å². The Kier molecular flexibility index (Phi) is 3.76. The van der Waals surface area contributed by atoms with E-state index in [0.29, 0.717) is 0 Å². The zero-order chi connectivity index (χ0) is 15.0. The van der Waals surface area contributed by atoms with E-state index < -0.39 is 0 Å². The maximum atomic E-state index is 10.3. The number of aliphatic hydroxyl groups excluding tert-OH is 1. The van der Waals surface area contributed by atoms with E-state index in [1.54, 1.807) is 0 Å². The number of aliphatic hydroxyl groups is 1. The van der Waals surface area contributed by atoms with Gasteiger partial charge in [0.05, 0.1) is 12.1 Å². The van der Waals surface area contributed by atoms with Crippen molar-refractivity contribution in [1.29, 1.82) is 0 Å². The van der Waals surface area contributed by atoms with E-state index in [9.17, 15) is 5.11 Å². The van der Waals surface area contributed by atoms with Gasteiger partial charge in [0.1, 0.15) is 5.82 Å². The molecule has 1 N–H and O–H groups in total. The van der Waals surface area contributed by atoms with Crippen molar-refractivity contribution in [2.75, 3.05) is 0 Å². The van der Waals surface area contributed by atoms with E-state index in [0.717, 1.165) is 54.2 Å². The Bertz CT molecular complexity index is 650. The average Bonchev–Trinajstić information content (AvgIpc) is 2.81. The van der Waals surface area contributed by atoms with Crippen LogP contribution in [0.4, 0.5) is 0 Å². The largest absolute Gasteiger partial charge is 0.391 e. The Labute approximate surface area is 125 Å². The van der Waals surface area contributed by atoms with Gasteiger partial charge in [-0.3, -0.25) is 4.98 Å². The first kappa shape index (κ1) is 14.2. The van der Waals surface area contributed by atoms with Crippen molar-refractivity contribution in [2.45, 2.75) is 58.6 Å². The smallest absolute Gasteiger partial charge is 0.160 e. The fourth-order valence-corrected chi connectivity index (χ4v) is 3.15. The Morgan fingerprint density at radius 1 is 1.19 bits per heavy atom. The Morgan fingerprint density at radius 2 is 1.95 bits per heavy atom. The van der Waals surface area contributed by atoms with Crippen LogP contribution in [-0.4, -0.2) is 31.0 Å². The molecule has 0 bridgehead atoms. The fraction of sp³-hybridized carbons (Fsp3) is 0.562. The Hall–Kier alpha value is -1.75. The summed E-state index contributed by atoms with van der Waals surface area (Å²) in [6.07, 6.45) is 5.54. The first-order chi connectivity index (χ1) is 10.1. The van der Waals surface area contributed by atoms with Crippen LogP contribution in [0.2, 0.25) is 0 Å². The van der Waals surface area contributed by atoms with Crippen LogP contribution in [0.5, 0.6) is 0 Å². The molecule has 5 heteroatoms. The van der Waals surface area contributed by atoms with E-state index >= 15 is 0 Å². The zero-order valence-corrected chi connectivity index (χ0v) is 12.9. The minimum Gasteiger partial charge on any atom is -0.391 e. The number of hydrogen-bond donors (Lipinski definition) is 1. The molecular formula is C16H22N4O. The molecule has 112 valence electrons. The van der Waals surface area contributed by atoms with Gasteiger partial charge in [0, 0.05) is 17.5 Å². The number of aromatic nitrogens is 4. The van der Waals surface area contributed by atoms with Crippen molar-refractivity contribution in [3.05, 3.63) is 29.3 Å². The lowest BCUT2D eigenvalue weighted by Gasteiger charge is -2.28. The highest BCUT2D eigenvalue weighted by atomic mass is 16.3. The number of nitrogens with zero attached hydrogens (tertiary/aromatic N) is 4. The molecule has 0 radical (unpaired) electrons. The van der Waals surface area contributed by atoms with E-state index in [4.69, 9.17) is 0 Å². The summed E-state index contributed by atoms with van der Waals surface area (Å²) < 4.78 is 1.92. The summed E-state index contributed by atoms with van der Waals surface area (Å²) >= 11 is 0. The van der Waals surface area contributed by atoms with Crippen LogP contribution in [0, 0.1) is 20.8 Å². The number of hydrogen-bond acceptors (Lipinski definition) is 4. The maximum absolute atomic E-state index is 10.3. The van der Waals surface area contributed by atoms with Gasteiger partial charge in [0.2, 0.25) is 0 Å². The zero-order valence-electron chi connectivity index (χ0n) is 12.9. The summed E-state index contributed by atoms with van der Waals surface area (Å²) in [6, 6.07) is 2.08. The van der Waals surface area contributed by atoms with Crippen molar-refractivity contribution >= 4 is 0 Å². The van der Waals surface area contributed by atoms with Crippen LogP contribution in [0.1, 0.15) is 48.8 Å². The predicted octanol–water partition coefficient (Wildman–Crippen LogP) is 2.74. The second-order valence-electron chi connectivity index (χ2n) is 5.99. The van der Waals surface area contributed by atoms with Gasteiger partial charge in [-0.2, -0.15) is 5.10 Å². The molecule has 2 aromatic heterocycles. The lowest BCUT2D eigenvalue weighted by Crippen LogP contribution is -2.29. The quantitative estimate of drug-likeness (QED) is 0.922. The summed E-state index contributed by atoms with van der Waals surface area (Å²) in [6.45, 7) is 5.94. The maximum Gasteiger partial charge on any atom is 0.160 e. The van der Waals surface area contributed by atoms with Crippen LogP contribution in [0.3, 0.4) is 0 Å². The molecule has 1 saturated carbocycles. The van der Waals surface area contributed by atoms with Gasteiger partial charge in [-0.15, -0.1) is 0 Å². The highest BCUT2D eigenvalue weighted by Crippen LogP contribution is 2.32. The van der Waals surface area contributed by atoms with Gasteiger partial charge in [-0.05, 0) is 45.2 Å². The van der Waals surface area contributed by atoms with Crippen molar-refractivity contribution in [2.24, 2.45) is 0 Å². The molecule has 0 saturated heterocycles. The SMILES string of the molecule is Cc1cc(C)c(-c2nc(C)nn2[C@@H]2CCCC[C@H]2O)cn1. The van der Waals surface area contributed by atoms with Crippen LogP contribution in [-0.2, 0) is 0 Å². The second-order valence-corrected chi connectivity index (χ2v) is 5.99. The fourth-order valence-electron chi connectivity index (χ4n) is 3.15. The Balaban J connectivity index is 2.06. The van der Waals surface area contributed by atoms with Crippen molar-refractivity contribution in [3.63, 3.8) is 0 Å². The van der Waals surface area contributed by atoms with Gasteiger partial charge in [-0.25, -0.2) is 9.67 Å². The van der Waals surface area contributed by atoms with Crippen molar-refractivity contribution in [1.82, 2.24) is 19.7 Å². The third-order valence-electron chi connectivity index (χ3n) is 4.23. The summed E-state index contributed by atoms with van der Waals surface area (Å²) in [4.78, 5) is 8.97. The molecule has 2 aromatic rings. The number of pyridine rings is 1. The molecule has 0 aliphatic heterocycles. The predicted molar refractivity (Wildman–Crippen MR) is 81.0 cm³/mol. The third kappa shape index (κ3) is 2.70. The van der Waals surface area contributed by atoms with E-state index in [-0.39, 0.29) is 12.1 Å². The number of aryl methyl sites for hydroxylation is 3. The number of rotatable bonds is 2. The summed E-state index contributed by atoms with van der Waals surface area (Å²) in [5, 5.41) is 14.9. The molecule has 0 amide bonds. The first-order valence-electron chi connectivity index (χ1n) is 7.61. The van der Waals surface area contributed by atoms with Gasteiger partial charge in [0.15, 0.2) is 5.82 Å². The van der Waals surface area contributed by atoms with Gasteiger partial charge < -0.3 is 5.11 Å². The molecule has 1 aliphatic rings. The van der Waals surface area contributed by atoms with Gasteiger partial charge in [-0.1, -0.05) is 12.8 Å². The monoisotopic (exact) mass is 286 g/mol. The van der Waals surface area contributed by atoms with Crippen LogP contribution in [0.25, 0.3) is 11.4 Å². The minimum atomic E-state index is -0.336. The van der Waals surface area contributed by atoms with E-state index in [1.165, 1.54) is 0 Å². The standard InChI is InChI=1S/C16H22N4O/c1-10-8-11(2)17-9-13(10)16-18-12(3)19-20(16)14-6-4-5-7-15(14)21/h8-9,14-15,21H,4-7H2,1-3H3/t14-,15-/m1/s1.